The fourth-order valence-electron chi connectivity index (χ4n) is 3.80. The van der Waals surface area contributed by atoms with Gasteiger partial charge in [0.05, 0.1) is 17.1 Å². The lowest BCUT2D eigenvalue weighted by Gasteiger charge is -2.35. The molecule has 1 saturated heterocycles. The molecule has 0 saturated carbocycles. The van der Waals surface area contributed by atoms with Gasteiger partial charge in [-0.2, -0.15) is 0 Å². The normalized spacial score (nSPS) is 14.5. The van der Waals surface area contributed by atoms with Crippen molar-refractivity contribution in [3.8, 4) is 0 Å². The molecule has 7 heteroatoms. The second kappa shape index (κ2) is 10.5. The van der Waals surface area contributed by atoms with Gasteiger partial charge in [0.1, 0.15) is 5.82 Å². The number of benzene rings is 3. The maximum atomic E-state index is 14.1. The van der Waals surface area contributed by atoms with E-state index in [4.69, 9.17) is 17.3 Å². The summed E-state index contributed by atoms with van der Waals surface area (Å²) in [7, 11) is 0. The molecule has 1 amide bonds. The summed E-state index contributed by atoms with van der Waals surface area (Å²) in [6.07, 6.45) is 4.15. The van der Waals surface area contributed by atoms with Crippen LogP contribution >= 0.6 is 11.6 Å². The summed E-state index contributed by atoms with van der Waals surface area (Å²) >= 11 is 5.85. The summed E-state index contributed by atoms with van der Waals surface area (Å²) in [5, 5.41) is 3.24. The lowest BCUT2D eigenvalue weighted by atomic mass is 10.1. The second-order valence-corrected chi connectivity index (χ2v) is 8.39. The van der Waals surface area contributed by atoms with Crippen LogP contribution in [0.2, 0.25) is 5.02 Å². The van der Waals surface area contributed by atoms with Gasteiger partial charge in [-0.05, 0) is 48.0 Å². The van der Waals surface area contributed by atoms with Crippen molar-refractivity contribution in [2.24, 2.45) is 0 Å². The fourth-order valence-corrected chi connectivity index (χ4v) is 3.96. The topological polar surface area (TPSA) is 61.6 Å². The molecule has 1 aliphatic heterocycles. The highest BCUT2D eigenvalue weighted by atomic mass is 35.5. The van der Waals surface area contributed by atoms with Crippen molar-refractivity contribution in [3.05, 3.63) is 94.8 Å². The van der Waals surface area contributed by atoms with Gasteiger partial charge in [-0.1, -0.05) is 48.0 Å². The molecule has 0 bridgehead atoms. The van der Waals surface area contributed by atoms with Gasteiger partial charge in [0.2, 0.25) is 0 Å². The van der Waals surface area contributed by atoms with Crippen molar-refractivity contribution >= 4 is 40.6 Å². The van der Waals surface area contributed by atoms with Crippen LogP contribution in [0.15, 0.2) is 72.8 Å². The quantitative estimate of drug-likeness (QED) is 0.495. The molecule has 33 heavy (non-hydrogen) atoms. The van der Waals surface area contributed by atoms with E-state index in [1.54, 1.807) is 36.4 Å². The van der Waals surface area contributed by atoms with Gasteiger partial charge >= 0.3 is 0 Å². The number of nitrogens with zero attached hydrogens (tertiary/aromatic N) is 2. The Hall–Kier alpha value is -3.35. The minimum Gasteiger partial charge on any atom is -0.397 e. The molecule has 0 unspecified atom stereocenters. The van der Waals surface area contributed by atoms with Crippen LogP contribution < -0.4 is 16.0 Å². The van der Waals surface area contributed by atoms with E-state index in [-0.39, 0.29) is 11.7 Å². The Morgan fingerprint density at radius 2 is 1.76 bits per heavy atom. The number of piperazine rings is 1. The SMILES string of the molecule is Nc1ccccc1NC(=O)c1ccc(C=CCN2CCN(c3ccc(Cl)cc3F)CC2)cc1. The summed E-state index contributed by atoms with van der Waals surface area (Å²) in [4.78, 5) is 16.8. The largest absolute Gasteiger partial charge is 0.397 e. The number of carbonyl (C=O) groups excluding carboxylic acids is 1. The average Bonchev–Trinajstić information content (AvgIpc) is 2.82. The number of nitrogen functional groups attached to an aromatic ring is 1. The van der Waals surface area contributed by atoms with Crippen LogP contribution in [0.3, 0.4) is 0 Å². The third-order valence-electron chi connectivity index (χ3n) is 5.68. The lowest BCUT2D eigenvalue weighted by Crippen LogP contribution is -2.46. The molecule has 3 aromatic rings. The van der Waals surface area contributed by atoms with Crippen molar-refractivity contribution in [1.82, 2.24) is 4.90 Å². The van der Waals surface area contributed by atoms with Gasteiger partial charge in [0.25, 0.3) is 5.91 Å². The van der Waals surface area contributed by atoms with Crippen LogP contribution in [0.1, 0.15) is 15.9 Å². The highest BCUT2D eigenvalue weighted by molar-refractivity contribution is 6.30. The first-order chi connectivity index (χ1) is 16.0. The van der Waals surface area contributed by atoms with E-state index in [9.17, 15) is 9.18 Å². The van der Waals surface area contributed by atoms with E-state index >= 15 is 0 Å². The minimum atomic E-state index is -0.278. The van der Waals surface area contributed by atoms with Crippen LogP contribution in [0.25, 0.3) is 6.08 Å². The van der Waals surface area contributed by atoms with E-state index in [0.717, 1.165) is 38.3 Å². The number of para-hydroxylation sites is 2. The zero-order valence-corrected chi connectivity index (χ0v) is 18.9. The number of amides is 1. The number of rotatable bonds is 6. The third kappa shape index (κ3) is 5.92. The number of carbonyl (C=O) groups is 1. The Morgan fingerprint density at radius 1 is 1.03 bits per heavy atom. The fraction of sp³-hybridized carbons (Fsp3) is 0.192. The first-order valence-corrected chi connectivity index (χ1v) is 11.2. The van der Waals surface area contributed by atoms with Crippen LogP contribution in [0, 0.1) is 5.82 Å². The van der Waals surface area contributed by atoms with Crippen LogP contribution in [0.5, 0.6) is 0 Å². The minimum absolute atomic E-state index is 0.196. The molecule has 0 spiro atoms. The molecule has 3 aromatic carbocycles. The lowest BCUT2D eigenvalue weighted by molar-refractivity contribution is 0.102. The maximum Gasteiger partial charge on any atom is 0.255 e. The van der Waals surface area contributed by atoms with Crippen LogP contribution in [-0.2, 0) is 0 Å². The van der Waals surface area contributed by atoms with E-state index in [1.165, 1.54) is 6.07 Å². The molecule has 5 nitrogen and oxygen atoms in total. The predicted molar refractivity (Wildman–Crippen MR) is 134 cm³/mol. The second-order valence-electron chi connectivity index (χ2n) is 7.95. The Bertz CT molecular complexity index is 1140. The van der Waals surface area contributed by atoms with Crippen molar-refractivity contribution in [3.63, 3.8) is 0 Å². The number of hydrogen-bond donors (Lipinski definition) is 2. The first-order valence-electron chi connectivity index (χ1n) is 10.8. The number of nitrogens with two attached hydrogens (primary N) is 1. The molecular formula is C26H26ClFN4O. The maximum absolute atomic E-state index is 14.1. The highest BCUT2D eigenvalue weighted by Gasteiger charge is 2.18. The summed E-state index contributed by atoms with van der Waals surface area (Å²) in [6, 6.07) is 19.4. The molecule has 4 rings (SSSR count). The number of nitrogens with one attached hydrogen (secondary N) is 1. The molecule has 3 N–H and O–H groups in total. The monoisotopic (exact) mass is 464 g/mol. The molecule has 0 atom stereocenters. The van der Waals surface area contributed by atoms with Crippen LogP contribution in [-0.4, -0.2) is 43.5 Å². The molecule has 0 aliphatic carbocycles. The average molecular weight is 465 g/mol. The summed E-state index contributed by atoms with van der Waals surface area (Å²) in [6.45, 7) is 4.05. The molecule has 1 heterocycles. The van der Waals surface area contributed by atoms with Gasteiger partial charge in [0.15, 0.2) is 0 Å². The van der Waals surface area contributed by atoms with Crippen molar-refractivity contribution in [2.75, 3.05) is 48.7 Å². The molecule has 0 aromatic heterocycles. The standard InChI is InChI=1S/C26H26ClFN4O/c27-21-11-12-25(22(28)18-21)32-16-14-31(15-17-32)13-3-4-19-7-9-20(10-8-19)26(33)30-24-6-2-1-5-23(24)29/h1-12,18H,13-17,29H2,(H,30,33). The van der Waals surface area contributed by atoms with Crippen molar-refractivity contribution < 1.29 is 9.18 Å². The molecule has 170 valence electrons. The third-order valence-corrected chi connectivity index (χ3v) is 5.91. The van der Waals surface area contributed by atoms with Crippen molar-refractivity contribution in [1.29, 1.82) is 0 Å². The molecule has 1 fully saturated rings. The Labute approximate surface area is 198 Å². The zero-order chi connectivity index (χ0) is 23.2. The van der Waals surface area contributed by atoms with E-state index in [1.807, 2.05) is 30.3 Å². The Balaban J connectivity index is 1.26. The van der Waals surface area contributed by atoms with E-state index in [2.05, 4.69) is 21.2 Å². The summed E-state index contributed by atoms with van der Waals surface area (Å²) in [5.74, 6) is -0.473. The van der Waals surface area contributed by atoms with Gasteiger partial charge in [-0.25, -0.2) is 4.39 Å². The van der Waals surface area contributed by atoms with Gasteiger partial charge < -0.3 is 16.0 Å². The smallest absolute Gasteiger partial charge is 0.255 e. The Morgan fingerprint density at radius 3 is 2.45 bits per heavy atom. The molecular weight excluding hydrogens is 439 g/mol. The molecule has 1 aliphatic rings. The zero-order valence-electron chi connectivity index (χ0n) is 18.2. The van der Waals surface area contributed by atoms with Crippen molar-refractivity contribution in [2.45, 2.75) is 0 Å². The van der Waals surface area contributed by atoms with Gasteiger partial charge in [-0.3, -0.25) is 9.69 Å². The number of hydrogen-bond acceptors (Lipinski definition) is 4. The van der Waals surface area contributed by atoms with E-state index in [0.29, 0.717) is 27.6 Å². The highest BCUT2D eigenvalue weighted by Crippen LogP contribution is 2.24. The number of halogens is 2. The van der Waals surface area contributed by atoms with E-state index < -0.39 is 0 Å². The predicted octanol–water partition coefficient (Wildman–Crippen LogP) is 5.15. The van der Waals surface area contributed by atoms with Crippen LogP contribution in [0.4, 0.5) is 21.5 Å². The van der Waals surface area contributed by atoms with Gasteiger partial charge in [0, 0.05) is 43.3 Å². The number of anilines is 3. The molecule has 0 radical (unpaired) electrons. The van der Waals surface area contributed by atoms with Gasteiger partial charge in [-0.15, -0.1) is 0 Å². The summed E-state index contributed by atoms with van der Waals surface area (Å²) in [5.41, 5.74) is 9.22. The first kappa shape index (κ1) is 22.8. The summed E-state index contributed by atoms with van der Waals surface area (Å²) < 4.78 is 14.1. The Kier molecular flexibility index (Phi) is 7.27.